The summed E-state index contributed by atoms with van der Waals surface area (Å²) in [4.78, 5) is 2.29. The van der Waals surface area contributed by atoms with E-state index < -0.39 is 0 Å². The van der Waals surface area contributed by atoms with Crippen molar-refractivity contribution < 1.29 is 0 Å². The topological polar surface area (TPSA) is 47.1 Å². The lowest BCUT2D eigenvalue weighted by molar-refractivity contribution is 0.319. The molecule has 0 saturated carbocycles. The van der Waals surface area contributed by atoms with Crippen LogP contribution < -0.4 is 5.73 Å². The fourth-order valence-electron chi connectivity index (χ4n) is 2.12. The second kappa shape index (κ2) is 6.50. The van der Waals surface area contributed by atoms with E-state index in [9.17, 15) is 0 Å². The molecule has 0 radical (unpaired) electrons. The third-order valence-electron chi connectivity index (χ3n) is 3.17. The van der Waals surface area contributed by atoms with Crippen molar-refractivity contribution in [3.8, 4) is 0 Å². The van der Waals surface area contributed by atoms with Gasteiger partial charge in [-0.05, 0) is 25.1 Å². The van der Waals surface area contributed by atoms with Gasteiger partial charge in [-0.2, -0.15) is 5.10 Å². The molecule has 1 aromatic carbocycles. The van der Waals surface area contributed by atoms with E-state index >= 15 is 0 Å². The first-order chi connectivity index (χ1) is 9.21. The van der Waals surface area contributed by atoms with Crippen molar-refractivity contribution in [3.05, 3.63) is 53.3 Å². The second-order valence-electron chi connectivity index (χ2n) is 4.90. The van der Waals surface area contributed by atoms with Crippen LogP contribution in [0.3, 0.4) is 0 Å². The maximum Gasteiger partial charge on any atom is 0.0534 e. The van der Waals surface area contributed by atoms with E-state index in [2.05, 4.69) is 54.4 Å². The van der Waals surface area contributed by atoms with Gasteiger partial charge in [0.2, 0.25) is 0 Å². The van der Waals surface area contributed by atoms with E-state index in [1.54, 1.807) is 0 Å². The molecule has 0 aliphatic heterocycles. The second-order valence-corrected chi connectivity index (χ2v) is 4.90. The summed E-state index contributed by atoms with van der Waals surface area (Å²) in [6, 6.07) is 8.49. The predicted octanol–water partition coefficient (Wildman–Crippen LogP) is 1.99. The van der Waals surface area contributed by atoms with Gasteiger partial charge in [0.25, 0.3) is 0 Å². The van der Waals surface area contributed by atoms with Crippen LogP contribution in [0.1, 0.15) is 23.6 Å². The molecule has 0 aliphatic carbocycles. The number of hydrogen-bond acceptors (Lipinski definition) is 3. The van der Waals surface area contributed by atoms with E-state index in [-0.39, 0.29) is 0 Å². The molecular weight excluding hydrogens is 236 g/mol. The zero-order valence-corrected chi connectivity index (χ0v) is 11.7. The highest BCUT2D eigenvalue weighted by Gasteiger charge is 2.04. The first-order valence-electron chi connectivity index (χ1n) is 6.69. The van der Waals surface area contributed by atoms with E-state index in [4.69, 9.17) is 5.73 Å². The molecule has 0 atom stereocenters. The molecule has 102 valence electrons. The highest BCUT2D eigenvalue weighted by atomic mass is 15.3. The van der Waals surface area contributed by atoms with Crippen LogP contribution in [0.25, 0.3) is 0 Å². The van der Waals surface area contributed by atoms with Crippen LogP contribution in [-0.4, -0.2) is 21.7 Å². The third kappa shape index (κ3) is 3.91. The summed E-state index contributed by atoms with van der Waals surface area (Å²) >= 11 is 0. The lowest BCUT2D eigenvalue weighted by Crippen LogP contribution is -2.17. The van der Waals surface area contributed by atoms with Gasteiger partial charge in [0, 0.05) is 37.9 Å². The summed E-state index contributed by atoms with van der Waals surface area (Å²) in [5, 5.41) is 4.29. The molecule has 2 rings (SSSR count). The largest absolute Gasteiger partial charge is 0.326 e. The first-order valence-corrected chi connectivity index (χ1v) is 6.69. The minimum Gasteiger partial charge on any atom is -0.326 e. The van der Waals surface area contributed by atoms with Crippen molar-refractivity contribution in [2.75, 3.05) is 7.05 Å². The predicted molar refractivity (Wildman–Crippen MR) is 77.4 cm³/mol. The average Bonchev–Trinajstić information content (AvgIpc) is 2.87. The Bertz CT molecular complexity index is 501. The SMILES string of the molecule is CCn1cc(CN(C)Cc2ccc(CN)cc2)cn1. The van der Waals surface area contributed by atoms with Crippen LogP contribution in [-0.2, 0) is 26.2 Å². The van der Waals surface area contributed by atoms with Crippen LogP contribution in [0, 0.1) is 0 Å². The van der Waals surface area contributed by atoms with Gasteiger partial charge in [-0.15, -0.1) is 0 Å². The van der Waals surface area contributed by atoms with Gasteiger partial charge in [-0.3, -0.25) is 9.58 Å². The summed E-state index contributed by atoms with van der Waals surface area (Å²) < 4.78 is 1.96. The molecule has 2 aromatic rings. The summed E-state index contributed by atoms with van der Waals surface area (Å²) in [6.45, 7) is 5.47. The Morgan fingerprint density at radius 3 is 2.32 bits per heavy atom. The number of nitrogens with zero attached hydrogens (tertiary/aromatic N) is 3. The smallest absolute Gasteiger partial charge is 0.0534 e. The Morgan fingerprint density at radius 2 is 1.74 bits per heavy atom. The molecule has 0 saturated heterocycles. The van der Waals surface area contributed by atoms with Crippen LogP contribution in [0.15, 0.2) is 36.7 Å². The van der Waals surface area contributed by atoms with E-state index in [0.29, 0.717) is 6.54 Å². The Labute approximate surface area is 114 Å². The van der Waals surface area contributed by atoms with E-state index in [0.717, 1.165) is 19.6 Å². The Balaban J connectivity index is 1.90. The molecule has 4 nitrogen and oxygen atoms in total. The van der Waals surface area contributed by atoms with Gasteiger partial charge in [-0.25, -0.2) is 0 Å². The van der Waals surface area contributed by atoms with Gasteiger partial charge in [-0.1, -0.05) is 24.3 Å². The minimum atomic E-state index is 0.603. The highest BCUT2D eigenvalue weighted by Crippen LogP contribution is 2.09. The number of benzene rings is 1. The highest BCUT2D eigenvalue weighted by molar-refractivity contribution is 5.22. The zero-order valence-electron chi connectivity index (χ0n) is 11.7. The van der Waals surface area contributed by atoms with Gasteiger partial charge in [0.15, 0.2) is 0 Å². The molecule has 0 spiro atoms. The average molecular weight is 258 g/mol. The van der Waals surface area contributed by atoms with Crippen molar-refractivity contribution in [1.82, 2.24) is 14.7 Å². The number of rotatable bonds is 6. The van der Waals surface area contributed by atoms with Crippen LogP contribution >= 0.6 is 0 Å². The summed E-state index contributed by atoms with van der Waals surface area (Å²) in [7, 11) is 2.13. The monoisotopic (exact) mass is 258 g/mol. The molecular formula is C15H22N4. The molecule has 1 aromatic heterocycles. The molecule has 1 heterocycles. The maximum atomic E-state index is 5.60. The van der Waals surface area contributed by atoms with E-state index in [1.165, 1.54) is 16.7 Å². The lowest BCUT2D eigenvalue weighted by Gasteiger charge is -2.15. The quantitative estimate of drug-likeness (QED) is 0.862. The molecule has 0 unspecified atom stereocenters. The molecule has 0 aliphatic rings. The first kappa shape index (κ1) is 13.8. The van der Waals surface area contributed by atoms with E-state index in [1.807, 2.05) is 10.9 Å². The number of hydrogen-bond donors (Lipinski definition) is 1. The molecule has 2 N–H and O–H groups in total. The lowest BCUT2D eigenvalue weighted by atomic mass is 10.1. The van der Waals surface area contributed by atoms with Crippen LogP contribution in [0.4, 0.5) is 0 Å². The standard InChI is InChI=1S/C15H22N4/c1-3-19-12-15(9-17-19)11-18(2)10-14-6-4-13(8-16)5-7-14/h4-7,9,12H,3,8,10-11,16H2,1-2H3. The van der Waals surface area contributed by atoms with Crippen LogP contribution in [0.2, 0.25) is 0 Å². The Kier molecular flexibility index (Phi) is 4.71. The normalized spacial score (nSPS) is 11.2. The summed E-state index contributed by atoms with van der Waals surface area (Å²) in [6.07, 6.45) is 4.05. The fraction of sp³-hybridized carbons (Fsp3) is 0.400. The maximum absolute atomic E-state index is 5.60. The molecule has 0 fully saturated rings. The van der Waals surface area contributed by atoms with Gasteiger partial charge >= 0.3 is 0 Å². The molecule has 0 amide bonds. The van der Waals surface area contributed by atoms with Crippen molar-refractivity contribution in [2.45, 2.75) is 33.1 Å². The molecule has 19 heavy (non-hydrogen) atoms. The number of aryl methyl sites for hydroxylation is 1. The number of nitrogens with two attached hydrogens (primary N) is 1. The number of aromatic nitrogens is 2. The van der Waals surface area contributed by atoms with Crippen molar-refractivity contribution in [3.63, 3.8) is 0 Å². The Hall–Kier alpha value is -1.65. The third-order valence-corrected chi connectivity index (χ3v) is 3.17. The molecule has 4 heteroatoms. The summed E-state index contributed by atoms with van der Waals surface area (Å²) in [5.74, 6) is 0. The van der Waals surface area contributed by atoms with Crippen molar-refractivity contribution >= 4 is 0 Å². The van der Waals surface area contributed by atoms with Crippen molar-refractivity contribution in [1.29, 1.82) is 0 Å². The fourth-order valence-corrected chi connectivity index (χ4v) is 2.12. The minimum absolute atomic E-state index is 0.603. The van der Waals surface area contributed by atoms with Crippen molar-refractivity contribution in [2.24, 2.45) is 5.73 Å². The zero-order chi connectivity index (χ0) is 13.7. The van der Waals surface area contributed by atoms with Gasteiger partial charge in [0.1, 0.15) is 0 Å². The Morgan fingerprint density at radius 1 is 1.11 bits per heavy atom. The summed E-state index contributed by atoms with van der Waals surface area (Å²) in [5.41, 5.74) is 9.34. The van der Waals surface area contributed by atoms with Gasteiger partial charge < -0.3 is 5.73 Å². The van der Waals surface area contributed by atoms with Crippen LogP contribution in [0.5, 0.6) is 0 Å². The van der Waals surface area contributed by atoms with Gasteiger partial charge in [0.05, 0.1) is 6.20 Å². The molecule has 0 bridgehead atoms.